The summed E-state index contributed by atoms with van der Waals surface area (Å²) in [5, 5.41) is 3.15. The number of nitrogens with zero attached hydrogens (tertiary/aromatic N) is 1. The largest absolute Gasteiger partial charge is 0.469 e. The number of esters is 1. The molecule has 1 N–H and O–H groups in total. The Morgan fingerprint density at radius 2 is 2.38 bits per heavy atom. The van der Waals surface area contributed by atoms with Crippen LogP contribution in [-0.2, 0) is 9.53 Å². The summed E-state index contributed by atoms with van der Waals surface area (Å²) in [6.07, 6.45) is 2.95. The average Bonchev–Trinajstić information content (AvgIpc) is 2.26. The fraction of sp³-hybridized carbons (Fsp3) is 0.455. The van der Waals surface area contributed by atoms with Crippen molar-refractivity contribution in [3.8, 4) is 0 Å². The number of anilines is 1. The number of rotatable bonds is 5. The second-order valence-electron chi connectivity index (χ2n) is 3.45. The highest BCUT2D eigenvalue weighted by atomic mass is 79.9. The molecule has 0 bridgehead atoms. The van der Waals surface area contributed by atoms with E-state index in [2.05, 4.69) is 31.0 Å². The molecule has 4 nitrogen and oxygen atoms in total. The number of carbonyl (C=O) groups excluding carboxylic acids is 1. The highest BCUT2D eigenvalue weighted by Gasteiger charge is 2.02. The van der Waals surface area contributed by atoms with Gasteiger partial charge in [0.2, 0.25) is 0 Å². The van der Waals surface area contributed by atoms with E-state index in [9.17, 15) is 4.79 Å². The molecule has 0 aliphatic heterocycles. The van der Waals surface area contributed by atoms with Crippen LogP contribution in [0.15, 0.2) is 16.7 Å². The van der Waals surface area contributed by atoms with Gasteiger partial charge in [-0.2, -0.15) is 0 Å². The first-order chi connectivity index (χ1) is 7.63. The van der Waals surface area contributed by atoms with Crippen LogP contribution in [0.5, 0.6) is 0 Å². The van der Waals surface area contributed by atoms with E-state index in [1.807, 2.05) is 13.0 Å². The lowest BCUT2D eigenvalue weighted by atomic mass is 10.3. The number of aromatic nitrogens is 1. The molecule has 0 fully saturated rings. The zero-order valence-corrected chi connectivity index (χ0v) is 11.0. The van der Waals surface area contributed by atoms with E-state index in [0.29, 0.717) is 13.0 Å². The number of carbonyl (C=O) groups is 1. The molecule has 0 aromatic carbocycles. The second kappa shape index (κ2) is 6.48. The lowest BCUT2D eigenvalue weighted by Crippen LogP contribution is -2.07. The molecule has 1 rings (SSSR count). The van der Waals surface area contributed by atoms with Crippen LogP contribution in [0.2, 0.25) is 0 Å². The Balaban J connectivity index is 2.35. The Bertz CT molecular complexity index is 369. The van der Waals surface area contributed by atoms with Crippen LogP contribution in [0.3, 0.4) is 0 Å². The van der Waals surface area contributed by atoms with Crippen LogP contribution in [0.4, 0.5) is 5.82 Å². The highest BCUT2D eigenvalue weighted by Crippen LogP contribution is 2.20. The Morgan fingerprint density at radius 3 is 3.00 bits per heavy atom. The van der Waals surface area contributed by atoms with Gasteiger partial charge in [0.25, 0.3) is 0 Å². The quantitative estimate of drug-likeness (QED) is 0.668. The van der Waals surface area contributed by atoms with Gasteiger partial charge in [0.1, 0.15) is 5.82 Å². The van der Waals surface area contributed by atoms with Crippen LogP contribution in [0.1, 0.15) is 18.4 Å². The van der Waals surface area contributed by atoms with Gasteiger partial charge in [-0.3, -0.25) is 4.79 Å². The maximum atomic E-state index is 10.9. The predicted molar refractivity (Wildman–Crippen MR) is 66.4 cm³/mol. The Morgan fingerprint density at radius 1 is 1.62 bits per heavy atom. The van der Waals surface area contributed by atoms with Gasteiger partial charge in [0.05, 0.1) is 11.6 Å². The normalized spacial score (nSPS) is 9.94. The SMILES string of the molecule is COC(=O)CCCNc1ncc(C)cc1Br. The van der Waals surface area contributed by atoms with Gasteiger partial charge in [-0.25, -0.2) is 4.98 Å². The van der Waals surface area contributed by atoms with Gasteiger partial charge >= 0.3 is 5.97 Å². The van der Waals surface area contributed by atoms with Crippen molar-refractivity contribution in [2.75, 3.05) is 19.0 Å². The lowest BCUT2D eigenvalue weighted by Gasteiger charge is -2.07. The van der Waals surface area contributed by atoms with E-state index in [-0.39, 0.29) is 5.97 Å². The summed E-state index contributed by atoms with van der Waals surface area (Å²) in [5.74, 6) is 0.619. The number of halogens is 1. The average molecular weight is 287 g/mol. The zero-order valence-electron chi connectivity index (χ0n) is 9.42. The molecule has 1 aromatic heterocycles. The van der Waals surface area contributed by atoms with Crippen molar-refractivity contribution < 1.29 is 9.53 Å². The summed E-state index contributed by atoms with van der Waals surface area (Å²) in [5.41, 5.74) is 1.10. The number of nitrogens with one attached hydrogen (secondary N) is 1. The molecule has 1 aromatic rings. The fourth-order valence-electron chi connectivity index (χ4n) is 1.21. The first-order valence-electron chi connectivity index (χ1n) is 5.06. The van der Waals surface area contributed by atoms with Gasteiger partial charge in [0, 0.05) is 19.2 Å². The van der Waals surface area contributed by atoms with Crippen molar-refractivity contribution in [1.29, 1.82) is 0 Å². The van der Waals surface area contributed by atoms with E-state index in [1.165, 1.54) is 7.11 Å². The fourth-order valence-corrected chi connectivity index (χ4v) is 1.81. The smallest absolute Gasteiger partial charge is 0.305 e. The van der Waals surface area contributed by atoms with Crippen molar-refractivity contribution in [2.45, 2.75) is 19.8 Å². The summed E-state index contributed by atoms with van der Waals surface area (Å²) < 4.78 is 5.49. The summed E-state index contributed by atoms with van der Waals surface area (Å²) in [7, 11) is 1.40. The number of pyridine rings is 1. The standard InChI is InChI=1S/C11H15BrN2O2/c1-8-6-9(12)11(14-7-8)13-5-3-4-10(15)16-2/h6-7H,3-5H2,1-2H3,(H,13,14). The first-order valence-corrected chi connectivity index (χ1v) is 5.85. The van der Waals surface area contributed by atoms with Crippen molar-refractivity contribution in [1.82, 2.24) is 4.98 Å². The predicted octanol–water partition coefficient (Wildman–Crippen LogP) is 2.52. The molecule has 0 atom stereocenters. The van der Waals surface area contributed by atoms with E-state index in [4.69, 9.17) is 0 Å². The van der Waals surface area contributed by atoms with Crippen molar-refractivity contribution in [3.63, 3.8) is 0 Å². The Kier molecular flexibility index (Phi) is 5.25. The van der Waals surface area contributed by atoms with Crippen molar-refractivity contribution >= 4 is 27.7 Å². The van der Waals surface area contributed by atoms with Crippen molar-refractivity contribution in [2.24, 2.45) is 0 Å². The number of hydrogen-bond donors (Lipinski definition) is 1. The van der Waals surface area contributed by atoms with E-state index < -0.39 is 0 Å². The van der Waals surface area contributed by atoms with Crippen LogP contribution < -0.4 is 5.32 Å². The molecule has 0 saturated carbocycles. The molecule has 0 aliphatic rings. The molecule has 0 aliphatic carbocycles. The summed E-state index contributed by atoms with van der Waals surface area (Å²) >= 11 is 3.43. The maximum absolute atomic E-state index is 10.9. The molecule has 88 valence electrons. The molecule has 5 heteroatoms. The monoisotopic (exact) mass is 286 g/mol. The minimum absolute atomic E-state index is 0.183. The van der Waals surface area contributed by atoms with Crippen LogP contribution >= 0.6 is 15.9 Å². The molecule has 0 spiro atoms. The van der Waals surface area contributed by atoms with Crippen LogP contribution in [-0.4, -0.2) is 24.6 Å². The van der Waals surface area contributed by atoms with Gasteiger partial charge in [-0.1, -0.05) is 0 Å². The minimum atomic E-state index is -0.183. The number of aryl methyl sites for hydroxylation is 1. The summed E-state index contributed by atoms with van der Waals surface area (Å²) in [6.45, 7) is 2.68. The Labute approximate surface area is 104 Å². The van der Waals surface area contributed by atoms with Gasteiger partial charge in [-0.05, 0) is 40.9 Å². The second-order valence-corrected chi connectivity index (χ2v) is 4.30. The molecule has 1 heterocycles. The van der Waals surface area contributed by atoms with E-state index in [1.54, 1.807) is 6.20 Å². The maximum Gasteiger partial charge on any atom is 0.305 e. The minimum Gasteiger partial charge on any atom is -0.469 e. The van der Waals surface area contributed by atoms with Gasteiger partial charge in [0.15, 0.2) is 0 Å². The van der Waals surface area contributed by atoms with Crippen molar-refractivity contribution in [3.05, 3.63) is 22.3 Å². The molecular weight excluding hydrogens is 272 g/mol. The zero-order chi connectivity index (χ0) is 12.0. The van der Waals surface area contributed by atoms with E-state index >= 15 is 0 Å². The van der Waals surface area contributed by atoms with Gasteiger partial charge in [-0.15, -0.1) is 0 Å². The lowest BCUT2D eigenvalue weighted by molar-refractivity contribution is -0.140. The molecular formula is C11H15BrN2O2. The summed E-state index contributed by atoms with van der Waals surface area (Å²) in [4.78, 5) is 15.1. The number of methoxy groups -OCH3 is 1. The Hall–Kier alpha value is -1.10. The molecule has 16 heavy (non-hydrogen) atoms. The highest BCUT2D eigenvalue weighted by molar-refractivity contribution is 9.10. The molecule has 0 amide bonds. The topological polar surface area (TPSA) is 51.2 Å². The molecule has 0 radical (unpaired) electrons. The first kappa shape index (κ1) is 13.0. The number of ether oxygens (including phenoxy) is 1. The molecule has 0 saturated heterocycles. The third-order valence-corrected chi connectivity index (χ3v) is 2.66. The third-order valence-electron chi connectivity index (χ3n) is 2.06. The van der Waals surface area contributed by atoms with Crippen LogP contribution in [0, 0.1) is 6.92 Å². The van der Waals surface area contributed by atoms with E-state index in [0.717, 1.165) is 22.3 Å². The van der Waals surface area contributed by atoms with Crippen LogP contribution in [0.25, 0.3) is 0 Å². The van der Waals surface area contributed by atoms with Gasteiger partial charge < -0.3 is 10.1 Å². The summed E-state index contributed by atoms with van der Waals surface area (Å²) in [6, 6.07) is 2.00. The number of hydrogen-bond acceptors (Lipinski definition) is 4. The molecule has 0 unspecified atom stereocenters. The third kappa shape index (κ3) is 4.18.